The maximum atomic E-state index is 12.5. The summed E-state index contributed by atoms with van der Waals surface area (Å²) in [5, 5.41) is 11.5. The minimum Gasteiger partial charge on any atom is -0.463 e. The number of aromatic nitrogens is 4. The van der Waals surface area contributed by atoms with Gasteiger partial charge in [-0.1, -0.05) is 6.92 Å². The first-order chi connectivity index (χ1) is 10.6. The molecule has 0 bridgehead atoms. The van der Waals surface area contributed by atoms with Gasteiger partial charge in [0.05, 0.1) is 23.2 Å². The number of nitrogens with one attached hydrogen (secondary N) is 1. The lowest BCUT2D eigenvalue weighted by molar-refractivity contribution is 0.102. The second-order valence-electron chi connectivity index (χ2n) is 5.01. The Balaban J connectivity index is 1.92. The third-order valence-electron chi connectivity index (χ3n) is 3.32. The van der Waals surface area contributed by atoms with Gasteiger partial charge in [0.1, 0.15) is 0 Å². The van der Waals surface area contributed by atoms with E-state index in [9.17, 15) is 4.79 Å². The Morgan fingerprint density at radius 2 is 2.05 bits per heavy atom. The van der Waals surface area contributed by atoms with Crippen LogP contribution in [0.1, 0.15) is 23.0 Å². The monoisotopic (exact) mass is 299 g/mol. The van der Waals surface area contributed by atoms with Crippen LogP contribution in [0.3, 0.4) is 0 Å². The van der Waals surface area contributed by atoms with Crippen molar-refractivity contribution in [2.24, 2.45) is 14.1 Å². The Hall–Kier alpha value is -2.83. The maximum absolute atomic E-state index is 12.5. The van der Waals surface area contributed by atoms with Gasteiger partial charge in [0.15, 0.2) is 11.5 Å². The lowest BCUT2D eigenvalue weighted by Crippen LogP contribution is -2.13. The molecular formula is C15H17N5O2. The molecule has 1 amide bonds. The van der Waals surface area contributed by atoms with E-state index >= 15 is 0 Å². The molecular weight excluding hydrogens is 282 g/mol. The number of carbonyl (C=O) groups is 1. The largest absolute Gasteiger partial charge is 0.463 e. The van der Waals surface area contributed by atoms with E-state index in [0.29, 0.717) is 29.1 Å². The maximum Gasteiger partial charge on any atom is 0.259 e. The molecule has 3 aromatic heterocycles. The molecule has 0 atom stereocenters. The number of amides is 1. The first-order valence-corrected chi connectivity index (χ1v) is 7.00. The van der Waals surface area contributed by atoms with Crippen molar-refractivity contribution in [3.8, 4) is 11.5 Å². The van der Waals surface area contributed by atoms with Gasteiger partial charge in [-0.25, -0.2) is 0 Å². The lowest BCUT2D eigenvalue weighted by Gasteiger charge is -2.03. The molecule has 0 saturated carbocycles. The van der Waals surface area contributed by atoms with Gasteiger partial charge in [0.2, 0.25) is 0 Å². The molecule has 114 valence electrons. The van der Waals surface area contributed by atoms with Gasteiger partial charge in [0, 0.05) is 26.5 Å². The van der Waals surface area contributed by atoms with E-state index in [-0.39, 0.29) is 5.91 Å². The first-order valence-electron chi connectivity index (χ1n) is 7.00. The van der Waals surface area contributed by atoms with Crippen molar-refractivity contribution in [1.29, 1.82) is 0 Å². The zero-order chi connectivity index (χ0) is 15.7. The molecule has 3 heterocycles. The molecule has 0 fully saturated rings. The van der Waals surface area contributed by atoms with Crippen LogP contribution < -0.4 is 5.32 Å². The highest BCUT2D eigenvalue weighted by Gasteiger charge is 2.19. The van der Waals surface area contributed by atoms with Crippen LogP contribution in [0.2, 0.25) is 0 Å². The summed E-state index contributed by atoms with van der Waals surface area (Å²) in [6, 6.07) is 3.59. The van der Waals surface area contributed by atoms with Gasteiger partial charge in [-0.05, 0) is 18.6 Å². The van der Waals surface area contributed by atoms with Crippen LogP contribution in [-0.2, 0) is 20.5 Å². The summed E-state index contributed by atoms with van der Waals surface area (Å²) in [4.78, 5) is 12.5. The fourth-order valence-corrected chi connectivity index (χ4v) is 2.35. The minimum absolute atomic E-state index is 0.203. The average Bonchev–Trinajstić information content (AvgIpc) is 3.18. The summed E-state index contributed by atoms with van der Waals surface area (Å²) in [5.74, 6) is 0.406. The second-order valence-corrected chi connectivity index (χ2v) is 5.01. The van der Waals surface area contributed by atoms with E-state index in [1.165, 1.54) is 0 Å². The number of rotatable bonds is 4. The Morgan fingerprint density at radius 3 is 2.73 bits per heavy atom. The molecule has 0 saturated heterocycles. The predicted molar refractivity (Wildman–Crippen MR) is 81.4 cm³/mol. The zero-order valence-electron chi connectivity index (χ0n) is 12.7. The van der Waals surface area contributed by atoms with E-state index in [0.717, 1.165) is 5.69 Å². The molecule has 3 rings (SSSR count). The fourth-order valence-electron chi connectivity index (χ4n) is 2.35. The van der Waals surface area contributed by atoms with E-state index < -0.39 is 0 Å². The van der Waals surface area contributed by atoms with Crippen molar-refractivity contribution in [1.82, 2.24) is 19.6 Å². The van der Waals surface area contributed by atoms with Gasteiger partial charge in [-0.15, -0.1) is 0 Å². The predicted octanol–water partition coefficient (Wildman–Crippen LogP) is 2.23. The van der Waals surface area contributed by atoms with Crippen molar-refractivity contribution in [3.05, 3.63) is 42.0 Å². The molecule has 7 nitrogen and oxygen atoms in total. The van der Waals surface area contributed by atoms with Crippen molar-refractivity contribution in [2.45, 2.75) is 13.3 Å². The van der Waals surface area contributed by atoms with Crippen LogP contribution in [0.4, 0.5) is 5.69 Å². The normalized spacial score (nSPS) is 10.9. The number of nitrogens with zero attached hydrogens (tertiary/aromatic N) is 4. The summed E-state index contributed by atoms with van der Waals surface area (Å²) < 4.78 is 8.65. The lowest BCUT2D eigenvalue weighted by atomic mass is 10.2. The molecule has 22 heavy (non-hydrogen) atoms. The zero-order valence-corrected chi connectivity index (χ0v) is 12.7. The summed E-state index contributed by atoms with van der Waals surface area (Å²) >= 11 is 0. The van der Waals surface area contributed by atoms with Gasteiger partial charge in [-0.3, -0.25) is 14.2 Å². The molecule has 0 spiro atoms. The molecule has 0 unspecified atom stereocenters. The highest BCUT2D eigenvalue weighted by atomic mass is 16.3. The Morgan fingerprint density at radius 1 is 1.27 bits per heavy atom. The van der Waals surface area contributed by atoms with E-state index in [2.05, 4.69) is 15.5 Å². The Labute approximate surface area is 127 Å². The summed E-state index contributed by atoms with van der Waals surface area (Å²) in [5.41, 5.74) is 2.54. The third kappa shape index (κ3) is 2.52. The highest BCUT2D eigenvalue weighted by molar-refractivity contribution is 6.06. The van der Waals surface area contributed by atoms with Crippen LogP contribution in [0.5, 0.6) is 0 Å². The van der Waals surface area contributed by atoms with Crippen LogP contribution >= 0.6 is 0 Å². The number of hydrogen-bond acceptors (Lipinski definition) is 4. The number of anilines is 1. The van der Waals surface area contributed by atoms with Gasteiger partial charge >= 0.3 is 0 Å². The standard InChI is InChI=1S/C15H17N5O2/c1-4-11-10(8-19(2)17-11)15(21)16-12-9-20(3)18-14(12)13-6-5-7-22-13/h5-9H,4H2,1-3H3,(H,16,21). The van der Waals surface area contributed by atoms with Crippen LogP contribution in [0.15, 0.2) is 35.2 Å². The van der Waals surface area contributed by atoms with Gasteiger partial charge < -0.3 is 9.73 Å². The molecule has 0 aliphatic carbocycles. The molecule has 7 heteroatoms. The van der Waals surface area contributed by atoms with Crippen molar-refractivity contribution in [3.63, 3.8) is 0 Å². The van der Waals surface area contributed by atoms with Gasteiger partial charge in [-0.2, -0.15) is 10.2 Å². The van der Waals surface area contributed by atoms with E-state index in [4.69, 9.17) is 4.42 Å². The molecule has 0 aliphatic rings. The molecule has 0 aromatic carbocycles. The number of aryl methyl sites for hydroxylation is 3. The Bertz CT molecular complexity index is 798. The molecule has 0 aliphatic heterocycles. The minimum atomic E-state index is -0.203. The second kappa shape index (κ2) is 5.51. The SMILES string of the molecule is CCc1nn(C)cc1C(=O)Nc1cn(C)nc1-c1ccco1. The summed E-state index contributed by atoms with van der Waals surface area (Å²) in [7, 11) is 3.60. The third-order valence-corrected chi connectivity index (χ3v) is 3.32. The van der Waals surface area contributed by atoms with Gasteiger partial charge in [0.25, 0.3) is 5.91 Å². The number of carbonyl (C=O) groups excluding carboxylic acids is 1. The van der Waals surface area contributed by atoms with Crippen LogP contribution in [0, 0.1) is 0 Å². The average molecular weight is 299 g/mol. The molecule has 1 N–H and O–H groups in total. The topological polar surface area (TPSA) is 77.9 Å². The van der Waals surface area contributed by atoms with Crippen molar-refractivity contribution in [2.75, 3.05) is 5.32 Å². The Kier molecular flexibility index (Phi) is 3.54. The first kappa shape index (κ1) is 14.1. The number of furan rings is 1. The van der Waals surface area contributed by atoms with E-state index in [1.807, 2.05) is 6.92 Å². The summed E-state index contributed by atoms with van der Waals surface area (Å²) in [6.45, 7) is 1.97. The quantitative estimate of drug-likeness (QED) is 0.801. The molecule has 3 aromatic rings. The van der Waals surface area contributed by atoms with Crippen LogP contribution in [0.25, 0.3) is 11.5 Å². The fraction of sp³-hybridized carbons (Fsp3) is 0.267. The number of hydrogen-bond donors (Lipinski definition) is 1. The van der Waals surface area contributed by atoms with Crippen LogP contribution in [-0.4, -0.2) is 25.5 Å². The summed E-state index contributed by atoms with van der Waals surface area (Å²) in [6.07, 6.45) is 5.74. The molecule has 0 radical (unpaired) electrons. The highest BCUT2D eigenvalue weighted by Crippen LogP contribution is 2.27. The van der Waals surface area contributed by atoms with Crippen molar-refractivity contribution < 1.29 is 9.21 Å². The smallest absolute Gasteiger partial charge is 0.259 e. The van der Waals surface area contributed by atoms with Crippen molar-refractivity contribution >= 4 is 11.6 Å². The van der Waals surface area contributed by atoms with E-state index in [1.54, 1.807) is 54.2 Å².